The van der Waals surface area contributed by atoms with Crippen molar-refractivity contribution in [3.05, 3.63) is 6.42 Å². The van der Waals surface area contributed by atoms with Crippen LogP contribution in [0.3, 0.4) is 0 Å². The van der Waals surface area contributed by atoms with Crippen molar-refractivity contribution in [2.45, 2.75) is 31.3 Å². The number of rotatable bonds is 2. The maximum atomic E-state index is 11.3. The van der Waals surface area contributed by atoms with Crippen molar-refractivity contribution in [1.82, 2.24) is 0 Å². The highest BCUT2D eigenvalue weighted by Crippen LogP contribution is 2.29. The first kappa shape index (κ1) is 12.9. The van der Waals surface area contributed by atoms with E-state index in [1.54, 1.807) is 0 Å². The van der Waals surface area contributed by atoms with Crippen LogP contribution in [0.1, 0.15) is 13.8 Å². The summed E-state index contributed by atoms with van der Waals surface area (Å²) in [5.74, 6) is -3.42. The second kappa shape index (κ2) is 4.00. The van der Waals surface area contributed by atoms with Crippen LogP contribution in [0.2, 0.25) is 0 Å². The molecule has 0 aromatic heterocycles. The third-order valence-corrected chi connectivity index (χ3v) is 2.17. The van der Waals surface area contributed by atoms with Crippen molar-refractivity contribution < 1.29 is 24.2 Å². The van der Waals surface area contributed by atoms with Gasteiger partial charge in [0.05, 0.1) is 12.7 Å². The zero-order valence-corrected chi connectivity index (χ0v) is 9.10. The van der Waals surface area contributed by atoms with Gasteiger partial charge in [-0.05, 0) is 13.8 Å². The van der Waals surface area contributed by atoms with Gasteiger partial charge in [-0.2, -0.15) is 0 Å². The monoisotopic (exact) mass is 231 g/mol. The predicted molar refractivity (Wildman–Crippen MR) is 52.5 cm³/mol. The summed E-state index contributed by atoms with van der Waals surface area (Å²) in [6, 6.07) is 0. The molecular formula is C9H15N2O5. The summed E-state index contributed by atoms with van der Waals surface area (Å²) in [5.41, 5.74) is 8.03. The van der Waals surface area contributed by atoms with E-state index in [9.17, 15) is 14.7 Å². The average molecular weight is 231 g/mol. The first-order chi connectivity index (χ1) is 7.19. The zero-order valence-electron chi connectivity index (χ0n) is 9.10. The van der Waals surface area contributed by atoms with Gasteiger partial charge in [-0.25, -0.2) is 0 Å². The zero-order chi connectivity index (χ0) is 12.6. The van der Waals surface area contributed by atoms with Crippen LogP contribution in [-0.2, 0) is 19.1 Å². The molecule has 1 saturated heterocycles. The molecule has 7 heteroatoms. The lowest BCUT2D eigenvalue weighted by Crippen LogP contribution is -2.60. The quantitative estimate of drug-likeness (QED) is 0.476. The Morgan fingerprint density at radius 2 is 1.88 bits per heavy atom. The van der Waals surface area contributed by atoms with Crippen molar-refractivity contribution in [3.63, 3.8) is 0 Å². The van der Waals surface area contributed by atoms with Gasteiger partial charge in [0.25, 0.3) is 11.8 Å². The molecule has 1 aliphatic heterocycles. The number of hydrogen-bond acceptors (Lipinski definition) is 5. The van der Waals surface area contributed by atoms with Crippen LogP contribution in [0.5, 0.6) is 0 Å². The van der Waals surface area contributed by atoms with Gasteiger partial charge in [-0.15, -0.1) is 0 Å². The highest BCUT2D eigenvalue weighted by molar-refractivity contribution is 6.09. The van der Waals surface area contributed by atoms with Crippen molar-refractivity contribution >= 4 is 11.8 Å². The van der Waals surface area contributed by atoms with Gasteiger partial charge in [0, 0.05) is 6.42 Å². The molecule has 0 saturated carbocycles. The van der Waals surface area contributed by atoms with Gasteiger partial charge in [0.1, 0.15) is 0 Å². The van der Waals surface area contributed by atoms with E-state index in [4.69, 9.17) is 20.9 Å². The van der Waals surface area contributed by atoms with Crippen molar-refractivity contribution in [3.8, 4) is 0 Å². The molecule has 1 unspecified atom stereocenters. The number of amides is 2. The van der Waals surface area contributed by atoms with Crippen molar-refractivity contribution in [2.75, 3.05) is 6.61 Å². The lowest BCUT2D eigenvalue weighted by Gasteiger charge is -2.32. The fourth-order valence-electron chi connectivity index (χ4n) is 1.44. The minimum atomic E-state index is -2.15. The van der Waals surface area contributed by atoms with E-state index in [0.29, 0.717) is 0 Å². The number of ether oxygens (including phenoxy) is 2. The first-order valence-corrected chi connectivity index (χ1v) is 4.68. The summed E-state index contributed by atoms with van der Waals surface area (Å²) in [6.07, 6.45) is -0.214. The van der Waals surface area contributed by atoms with Crippen LogP contribution in [0.25, 0.3) is 0 Å². The normalized spacial score (nSPS) is 28.1. The van der Waals surface area contributed by atoms with Crippen molar-refractivity contribution in [1.29, 1.82) is 0 Å². The third-order valence-electron chi connectivity index (χ3n) is 2.17. The molecule has 1 radical (unpaired) electrons. The summed E-state index contributed by atoms with van der Waals surface area (Å²) in [4.78, 5) is 22.6. The Kier molecular flexibility index (Phi) is 3.22. The Hall–Kier alpha value is -1.18. The fourth-order valence-corrected chi connectivity index (χ4v) is 1.44. The number of carbonyl (C=O) groups is 2. The van der Waals surface area contributed by atoms with Gasteiger partial charge >= 0.3 is 0 Å². The maximum absolute atomic E-state index is 11.3. The summed E-state index contributed by atoms with van der Waals surface area (Å²) in [7, 11) is 0. The molecular weight excluding hydrogens is 216 g/mol. The molecule has 91 valence electrons. The highest BCUT2D eigenvalue weighted by Gasteiger charge is 2.52. The van der Waals surface area contributed by atoms with Crippen LogP contribution in [0.4, 0.5) is 0 Å². The van der Waals surface area contributed by atoms with Crippen LogP contribution < -0.4 is 11.5 Å². The van der Waals surface area contributed by atoms with Crippen LogP contribution >= 0.6 is 0 Å². The highest BCUT2D eigenvalue weighted by atomic mass is 16.7. The molecule has 1 rings (SSSR count). The number of aliphatic hydroxyl groups is 1. The van der Waals surface area contributed by atoms with Gasteiger partial charge in [-0.1, -0.05) is 0 Å². The van der Waals surface area contributed by atoms with Gasteiger partial charge in [0.2, 0.25) is 5.60 Å². The second-order valence-corrected chi connectivity index (χ2v) is 4.01. The topological polar surface area (TPSA) is 125 Å². The van der Waals surface area contributed by atoms with Crippen LogP contribution in [0.15, 0.2) is 0 Å². The molecule has 0 aliphatic carbocycles. The Morgan fingerprint density at radius 3 is 2.31 bits per heavy atom. The third kappa shape index (κ3) is 2.31. The smallest absolute Gasteiger partial charge is 0.260 e. The number of carbonyl (C=O) groups excluding carboxylic acids is 2. The van der Waals surface area contributed by atoms with Crippen LogP contribution in [-0.4, -0.2) is 41.0 Å². The molecule has 16 heavy (non-hydrogen) atoms. The fraction of sp³-hybridized carbons (Fsp3) is 0.667. The number of primary amides is 2. The Balaban J connectivity index is 3.14. The lowest BCUT2D eigenvalue weighted by atomic mass is 9.94. The molecule has 1 atom stereocenters. The first-order valence-electron chi connectivity index (χ1n) is 4.68. The van der Waals surface area contributed by atoms with Gasteiger partial charge in [0.15, 0.2) is 5.79 Å². The Labute approximate surface area is 92.7 Å². The summed E-state index contributed by atoms with van der Waals surface area (Å²) in [5, 5.41) is 9.48. The second-order valence-electron chi connectivity index (χ2n) is 4.01. The molecule has 7 nitrogen and oxygen atoms in total. The van der Waals surface area contributed by atoms with E-state index in [1.807, 2.05) is 0 Å². The molecule has 5 N–H and O–H groups in total. The maximum Gasteiger partial charge on any atom is 0.260 e. The summed E-state index contributed by atoms with van der Waals surface area (Å²) in [6.45, 7) is 2.86. The molecule has 0 aromatic rings. The molecule has 1 fully saturated rings. The Morgan fingerprint density at radius 1 is 1.38 bits per heavy atom. The average Bonchev–Trinajstić information content (AvgIpc) is 2.24. The standard InChI is InChI=1S/C9H15N2O5/c1-8(2)15-4-5(12)3-9(16-8,6(10)13)7(11)14/h3,5,12H,4H2,1-2H3,(H2,10,13)(H2,11,14). The van der Waals surface area contributed by atoms with E-state index < -0.39 is 29.3 Å². The Bertz CT molecular complexity index is 301. The summed E-state index contributed by atoms with van der Waals surface area (Å²) < 4.78 is 10.3. The predicted octanol–water partition coefficient (Wildman–Crippen LogP) is -1.96. The minimum Gasteiger partial charge on any atom is -0.390 e. The van der Waals surface area contributed by atoms with Gasteiger partial charge < -0.3 is 26.0 Å². The van der Waals surface area contributed by atoms with E-state index in [1.165, 1.54) is 13.8 Å². The molecule has 1 heterocycles. The number of aliphatic hydroxyl groups excluding tert-OH is 1. The summed E-state index contributed by atoms with van der Waals surface area (Å²) >= 11 is 0. The van der Waals surface area contributed by atoms with E-state index >= 15 is 0 Å². The molecule has 1 aliphatic rings. The largest absolute Gasteiger partial charge is 0.390 e. The van der Waals surface area contributed by atoms with E-state index in [2.05, 4.69) is 0 Å². The molecule has 0 aromatic carbocycles. The molecule has 2 amide bonds. The molecule has 0 spiro atoms. The van der Waals surface area contributed by atoms with E-state index in [0.717, 1.165) is 6.42 Å². The number of hydrogen-bond donors (Lipinski definition) is 3. The molecule has 0 bridgehead atoms. The number of nitrogens with two attached hydrogens (primary N) is 2. The van der Waals surface area contributed by atoms with E-state index in [-0.39, 0.29) is 6.61 Å². The van der Waals surface area contributed by atoms with Crippen molar-refractivity contribution in [2.24, 2.45) is 11.5 Å². The van der Waals surface area contributed by atoms with Gasteiger partial charge in [-0.3, -0.25) is 9.59 Å². The minimum absolute atomic E-state index is 0.116. The van der Waals surface area contributed by atoms with Crippen LogP contribution in [0, 0.1) is 6.42 Å². The lowest BCUT2D eigenvalue weighted by molar-refractivity contribution is -0.242. The SMILES string of the molecule is CC1(C)OCC(O)[CH]C(C(N)=O)(C(N)=O)O1.